The third-order valence-electron chi connectivity index (χ3n) is 3.92. The summed E-state index contributed by atoms with van der Waals surface area (Å²) in [5.41, 5.74) is 1.84. The van der Waals surface area contributed by atoms with Gasteiger partial charge in [0.05, 0.1) is 17.0 Å². The van der Waals surface area contributed by atoms with Crippen molar-refractivity contribution in [3.8, 4) is 0 Å². The van der Waals surface area contributed by atoms with Crippen molar-refractivity contribution in [3.63, 3.8) is 0 Å². The highest BCUT2D eigenvalue weighted by molar-refractivity contribution is 14.1. The summed E-state index contributed by atoms with van der Waals surface area (Å²) in [7, 11) is -3.85. The zero-order chi connectivity index (χ0) is 20.3. The van der Waals surface area contributed by atoms with Gasteiger partial charge in [0.15, 0.2) is 5.69 Å². The molecule has 1 amide bonds. The first-order chi connectivity index (χ1) is 13.3. The van der Waals surface area contributed by atoms with Gasteiger partial charge in [0.1, 0.15) is 0 Å². The van der Waals surface area contributed by atoms with Gasteiger partial charge >= 0.3 is 0 Å². The van der Waals surface area contributed by atoms with Crippen molar-refractivity contribution in [3.05, 3.63) is 80.1 Å². The predicted molar refractivity (Wildman–Crippen MR) is 116 cm³/mol. The van der Waals surface area contributed by atoms with Crippen LogP contribution in [0.1, 0.15) is 21.6 Å². The number of sulfone groups is 1. The molecule has 9 heteroatoms. The summed E-state index contributed by atoms with van der Waals surface area (Å²) in [4.78, 5) is 20.3. The van der Waals surface area contributed by atoms with Gasteiger partial charge in [-0.25, -0.2) is 18.4 Å². The summed E-state index contributed by atoms with van der Waals surface area (Å²) in [6, 6.07) is 14.3. The average molecular weight is 528 g/mol. The molecule has 1 N–H and O–H groups in total. The number of nitrogens with zero attached hydrogens (tertiary/aromatic N) is 2. The average Bonchev–Trinajstić information content (AvgIpc) is 2.65. The molecule has 28 heavy (non-hydrogen) atoms. The molecular weight excluding hydrogens is 513 g/mol. The summed E-state index contributed by atoms with van der Waals surface area (Å²) in [5.74, 6) is -0.875. The van der Waals surface area contributed by atoms with Gasteiger partial charge in [0.25, 0.3) is 5.91 Å². The molecule has 0 fully saturated rings. The van der Waals surface area contributed by atoms with Gasteiger partial charge in [-0.05, 0) is 64.9 Å². The first kappa shape index (κ1) is 20.7. The first-order valence-electron chi connectivity index (χ1n) is 8.13. The lowest BCUT2D eigenvalue weighted by atomic mass is 10.1. The van der Waals surface area contributed by atoms with E-state index in [1.807, 2.05) is 31.2 Å². The topological polar surface area (TPSA) is 89.0 Å². The number of carbonyl (C=O) groups is 1. The van der Waals surface area contributed by atoms with E-state index in [-0.39, 0.29) is 16.5 Å². The number of anilines is 1. The quantitative estimate of drug-likeness (QED) is 0.395. The number of halogens is 2. The third-order valence-corrected chi connectivity index (χ3v) is 6.36. The van der Waals surface area contributed by atoms with E-state index >= 15 is 0 Å². The van der Waals surface area contributed by atoms with E-state index in [1.165, 1.54) is 0 Å². The SMILES string of the molecule is Cc1ccccc1CS(=O)(=O)c1ncc(Cl)c(C(=O)Nc2ccc(I)cc2)n1. The Hall–Kier alpha value is -2.04. The molecule has 0 unspecified atom stereocenters. The Morgan fingerprint density at radius 3 is 2.50 bits per heavy atom. The standard InChI is InChI=1S/C19H15ClIN3O3S/c1-12-4-2-3-5-13(12)11-28(26,27)19-22-10-16(20)17(24-19)18(25)23-15-8-6-14(21)7-9-15/h2-10H,11H2,1H3,(H,23,25). The van der Waals surface area contributed by atoms with Gasteiger partial charge in [-0.2, -0.15) is 0 Å². The smallest absolute Gasteiger partial charge is 0.275 e. The number of nitrogens with one attached hydrogen (secondary N) is 1. The van der Waals surface area contributed by atoms with E-state index in [0.29, 0.717) is 11.3 Å². The molecule has 3 aromatic rings. The molecule has 0 radical (unpaired) electrons. The summed E-state index contributed by atoms with van der Waals surface area (Å²) < 4.78 is 26.5. The number of rotatable bonds is 5. The van der Waals surface area contributed by atoms with Gasteiger partial charge in [0, 0.05) is 9.26 Å². The van der Waals surface area contributed by atoms with Crippen LogP contribution in [0.5, 0.6) is 0 Å². The number of hydrogen-bond acceptors (Lipinski definition) is 5. The first-order valence-corrected chi connectivity index (χ1v) is 11.2. The Bertz CT molecular complexity index is 1140. The summed E-state index contributed by atoms with van der Waals surface area (Å²) in [5, 5.41) is 2.19. The van der Waals surface area contributed by atoms with Crippen LogP contribution in [0.4, 0.5) is 5.69 Å². The molecular formula is C19H15ClIN3O3S. The predicted octanol–water partition coefficient (Wildman–Crippen LogP) is 4.27. The molecule has 1 heterocycles. The molecule has 0 spiro atoms. The number of hydrogen-bond donors (Lipinski definition) is 1. The Labute approximate surface area is 181 Å². The summed E-state index contributed by atoms with van der Waals surface area (Å²) in [6.07, 6.45) is 1.13. The minimum absolute atomic E-state index is 0.0298. The van der Waals surface area contributed by atoms with Crippen LogP contribution in [0, 0.1) is 10.5 Å². The van der Waals surface area contributed by atoms with Crippen LogP contribution >= 0.6 is 34.2 Å². The molecule has 0 saturated carbocycles. The highest BCUT2D eigenvalue weighted by Crippen LogP contribution is 2.20. The maximum absolute atomic E-state index is 12.7. The van der Waals surface area contributed by atoms with Crippen molar-refractivity contribution in [1.82, 2.24) is 9.97 Å². The van der Waals surface area contributed by atoms with Gasteiger partial charge in [-0.3, -0.25) is 4.79 Å². The van der Waals surface area contributed by atoms with E-state index in [4.69, 9.17) is 11.6 Å². The Morgan fingerprint density at radius 2 is 1.82 bits per heavy atom. The number of amides is 1. The lowest BCUT2D eigenvalue weighted by Crippen LogP contribution is -2.18. The molecule has 144 valence electrons. The van der Waals surface area contributed by atoms with E-state index in [1.54, 1.807) is 24.3 Å². The summed E-state index contributed by atoms with van der Waals surface area (Å²) in [6.45, 7) is 1.83. The number of aromatic nitrogens is 2. The molecule has 0 atom stereocenters. The minimum Gasteiger partial charge on any atom is -0.321 e. The second kappa shape index (κ2) is 8.54. The fourth-order valence-electron chi connectivity index (χ4n) is 2.42. The van der Waals surface area contributed by atoms with Crippen LogP contribution in [0.15, 0.2) is 59.9 Å². The van der Waals surface area contributed by atoms with Gasteiger partial charge in [0.2, 0.25) is 15.0 Å². The van der Waals surface area contributed by atoms with E-state index < -0.39 is 20.9 Å². The lowest BCUT2D eigenvalue weighted by molar-refractivity contribution is 0.102. The molecule has 0 aliphatic rings. The van der Waals surface area contributed by atoms with Crippen LogP contribution in [-0.2, 0) is 15.6 Å². The number of carbonyl (C=O) groups excluding carboxylic acids is 1. The second-order valence-electron chi connectivity index (χ2n) is 6.00. The van der Waals surface area contributed by atoms with Crippen molar-refractivity contribution >= 4 is 55.6 Å². The highest BCUT2D eigenvalue weighted by atomic mass is 127. The van der Waals surface area contributed by atoms with Crippen LogP contribution in [0.2, 0.25) is 5.02 Å². The zero-order valence-corrected chi connectivity index (χ0v) is 18.4. The van der Waals surface area contributed by atoms with Gasteiger partial charge in [-0.1, -0.05) is 35.9 Å². The van der Waals surface area contributed by atoms with Crippen molar-refractivity contribution in [2.24, 2.45) is 0 Å². The largest absolute Gasteiger partial charge is 0.321 e. The van der Waals surface area contributed by atoms with Crippen LogP contribution in [-0.4, -0.2) is 24.3 Å². The molecule has 3 rings (SSSR count). The van der Waals surface area contributed by atoms with Gasteiger partial charge < -0.3 is 5.32 Å². The molecule has 2 aromatic carbocycles. The maximum atomic E-state index is 12.7. The van der Waals surface area contributed by atoms with Crippen LogP contribution in [0.25, 0.3) is 0 Å². The van der Waals surface area contributed by atoms with Crippen LogP contribution < -0.4 is 5.32 Å². The molecule has 1 aromatic heterocycles. The molecule has 0 aliphatic heterocycles. The maximum Gasteiger partial charge on any atom is 0.275 e. The number of benzene rings is 2. The van der Waals surface area contributed by atoms with Crippen molar-refractivity contribution in [2.75, 3.05) is 5.32 Å². The molecule has 0 bridgehead atoms. The van der Waals surface area contributed by atoms with Crippen molar-refractivity contribution in [1.29, 1.82) is 0 Å². The van der Waals surface area contributed by atoms with Crippen molar-refractivity contribution in [2.45, 2.75) is 17.8 Å². The lowest BCUT2D eigenvalue weighted by Gasteiger charge is -2.09. The number of aryl methyl sites for hydroxylation is 1. The molecule has 6 nitrogen and oxygen atoms in total. The van der Waals surface area contributed by atoms with Gasteiger partial charge in [-0.15, -0.1) is 0 Å². The zero-order valence-electron chi connectivity index (χ0n) is 14.7. The summed E-state index contributed by atoms with van der Waals surface area (Å²) >= 11 is 8.19. The van der Waals surface area contributed by atoms with Crippen molar-refractivity contribution < 1.29 is 13.2 Å². The highest BCUT2D eigenvalue weighted by Gasteiger charge is 2.23. The normalized spacial score (nSPS) is 11.2. The molecule has 0 aliphatic carbocycles. The Balaban J connectivity index is 1.89. The van der Waals surface area contributed by atoms with E-state index in [9.17, 15) is 13.2 Å². The fraction of sp³-hybridized carbons (Fsp3) is 0.105. The Morgan fingerprint density at radius 1 is 1.14 bits per heavy atom. The second-order valence-corrected chi connectivity index (χ2v) is 9.53. The van der Waals surface area contributed by atoms with Crippen LogP contribution in [0.3, 0.4) is 0 Å². The fourth-order valence-corrected chi connectivity index (χ4v) is 4.27. The third kappa shape index (κ3) is 4.86. The Kier molecular flexibility index (Phi) is 6.31. The minimum atomic E-state index is -3.85. The van der Waals surface area contributed by atoms with E-state index in [2.05, 4.69) is 37.9 Å². The van der Waals surface area contributed by atoms with E-state index in [0.717, 1.165) is 15.3 Å². The monoisotopic (exact) mass is 527 g/mol. The molecule has 0 saturated heterocycles.